The van der Waals surface area contributed by atoms with E-state index in [9.17, 15) is 27.1 Å². The Morgan fingerprint density at radius 2 is 1.56 bits per heavy atom. The van der Waals surface area contributed by atoms with Crippen molar-refractivity contribution in [3.63, 3.8) is 0 Å². The van der Waals surface area contributed by atoms with E-state index in [0.29, 0.717) is 31.9 Å². The summed E-state index contributed by atoms with van der Waals surface area (Å²) in [5.41, 5.74) is 0.936. The molecule has 0 bridgehead atoms. The standard InChI is InChI=1S/C18H18F2N2O4S/c19-18(20)27(25,26)14-7-5-13(6-8-14)17(24)22-11-9-21(10-12-22)15-3-1-2-4-16(15)23/h1-8,18,23H,9-12H2. The topological polar surface area (TPSA) is 77.9 Å². The molecule has 1 saturated heterocycles. The van der Waals surface area contributed by atoms with Gasteiger partial charge < -0.3 is 14.9 Å². The molecule has 1 heterocycles. The third kappa shape index (κ3) is 3.87. The average molecular weight is 396 g/mol. The van der Waals surface area contributed by atoms with Crippen molar-refractivity contribution in [3.05, 3.63) is 54.1 Å². The van der Waals surface area contributed by atoms with Crippen LogP contribution in [-0.2, 0) is 9.84 Å². The minimum Gasteiger partial charge on any atom is -0.506 e. The van der Waals surface area contributed by atoms with Gasteiger partial charge in [-0.15, -0.1) is 0 Å². The number of phenols is 1. The molecule has 6 nitrogen and oxygen atoms in total. The maximum atomic E-state index is 12.6. The Morgan fingerprint density at radius 3 is 2.11 bits per heavy atom. The van der Waals surface area contributed by atoms with Crippen LogP contribution in [0, 0.1) is 0 Å². The molecule has 2 aromatic rings. The molecule has 27 heavy (non-hydrogen) atoms. The molecule has 0 unspecified atom stereocenters. The largest absolute Gasteiger partial charge is 0.506 e. The second-order valence-corrected chi connectivity index (χ2v) is 8.02. The number of rotatable bonds is 4. The van der Waals surface area contributed by atoms with Gasteiger partial charge in [0.1, 0.15) is 5.75 Å². The highest BCUT2D eigenvalue weighted by Crippen LogP contribution is 2.27. The number of benzene rings is 2. The molecule has 144 valence electrons. The number of carbonyl (C=O) groups is 1. The molecule has 0 spiro atoms. The minimum absolute atomic E-state index is 0.174. The van der Waals surface area contributed by atoms with Gasteiger partial charge >= 0.3 is 5.76 Å². The number of carbonyl (C=O) groups excluding carboxylic acids is 1. The van der Waals surface area contributed by atoms with E-state index in [2.05, 4.69) is 0 Å². The molecule has 1 fully saturated rings. The number of aromatic hydroxyl groups is 1. The molecule has 9 heteroatoms. The first-order valence-electron chi connectivity index (χ1n) is 8.25. The number of halogens is 2. The first kappa shape index (κ1) is 19.1. The van der Waals surface area contributed by atoms with Gasteiger partial charge in [0.2, 0.25) is 9.84 Å². The van der Waals surface area contributed by atoms with E-state index >= 15 is 0 Å². The number of amides is 1. The van der Waals surface area contributed by atoms with Gasteiger partial charge in [0, 0.05) is 31.7 Å². The summed E-state index contributed by atoms with van der Waals surface area (Å²) < 4.78 is 48.0. The second-order valence-electron chi connectivity index (χ2n) is 6.10. The highest BCUT2D eigenvalue weighted by Gasteiger charge is 2.27. The number of sulfone groups is 1. The SMILES string of the molecule is O=C(c1ccc(S(=O)(=O)C(F)F)cc1)N1CCN(c2ccccc2O)CC1. The lowest BCUT2D eigenvalue weighted by Gasteiger charge is -2.36. The number of anilines is 1. The van der Waals surface area contributed by atoms with Crippen molar-refractivity contribution in [1.29, 1.82) is 0 Å². The zero-order valence-corrected chi connectivity index (χ0v) is 15.1. The molecule has 0 aromatic heterocycles. The Bertz CT molecular complexity index is 925. The van der Waals surface area contributed by atoms with Gasteiger partial charge in [-0.25, -0.2) is 8.42 Å². The Kier molecular flexibility index (Phi) is 5.31. The van der Waals surface area contributed by atoms with Crippen LogP contribution in [-0.4, -0.2) is 56.3 Å². The van der Waals surface area contributed by atoms with Crippen molar-refractivity contribution in [2.45, 2.75) is 10.7 Å². The van der Waals surface area contributed by atoms with Gasteiger partial charge in [-0.3, -0.25) is 4.79 Å². The van der Waals surface area contributed by atoms with E-state index in [0.717, 1.165) is 12.1 Å². The zero-order valence-electron chi connectivity index (χ0n) is 14.3. The van der Waals surface area contributed by atoms with Crippen LogP contribution in [0.2, 0.25) is 0 Å². The van der Waals surface area contributed by atoms with E-state index in [1.54, 1.807) is 23.1 Å². The van der Waals surface area contributed by atoms with Gasteiger partial charge in [0.25, 0.3) is 5.91 Å². The van der Waals surface area contributed by atoms with Crippen LogP contribution in [0.4, 0.5) is 14.5 Å². The Morgan fingerprint density at radius 1 is 0.963 bits per heavy atom. The molecule has 1 aliphatic rings. The maximum absolute atomic E-state index is 12.6. The molecular formula is C18H18F2N2O4S. The number of phenolic OH excluding ortho intramolecular Hbond substituents is 1. The average Bonchev–Trinajstić information content (AvgIpc) is 2.68. The molecule has 0 aliphatic carbocycles. The third-order valence-electron chi connectivity index (χ3n) is 4.45. The van der Waals surface area contributed by atoms with Crippen LogP contribution in [0.5, 0.6) is 5.75 Å². The Hall–Kier alpha value is -2.68. The number of hydrogen-bond acceptors (Lipinski definition) is 5. The molecule has 1 aliphatic heterocycles. The molecule has 3 rings (SSSR count). The third-order valence-corrected chi connectivity index (χ3v) is 5.85. The summed E-state index contributed by atoms with van der Waals surface area (Å²) in [5, 5.41) is 9.92. The predicted molar refractivity (Wildman–Crippen MR) is 95.9 cm³/mol. The van der Waals surface area contributed by atoms with Gasteiger partial charge in [0.15, 0.2) is 0 Å². The van der Waals surface area contributed by atoms with Crippen LogP contribution in [0.3, 0.4) is 0 Å². The summed E-state index contributed by atoms with van der Waals surface area (Å²) in [4.78, 5) is 15.6. The lowest BCUT2D eigenvalue weighted by molar-refractivity contribution is 0.0746. The number of piperazine rings is 1. The Labute approximate surface area is 155 Å². The molecule has 0 radical (unpaired) electrons. The fourth-order valence-electron chi connectivity index (χ4n) is 2.95. The fourth-order valence-corrected chi connectivity index (χ4v) is 3.68. The number of alkyl halides is 2. The van der Waals surface area contributed by atoms with Crippen LogP contribution in [0.1, 0.15) is 10.4 Å². The van der Waals surface area contributed by atoms with Crippen molar-refractivity contribution in [1.82, 2.24) is 4.90 Å². The minimum atomic E-state index is -4.67. The van der Waals surface area contributed by atoms with E-state index in [-0.39, 0.29) is 17.2 Å². The quantitative estimate of drug-likeness (QED) is 0.859. The van der Waals surface area contributed by atoms with Crippen molar-refractivity contribution < 1.29 is 27.1 Å². The van der Waals surface area contributed by atoms with Gasteiger partial charge in [-0.05, 0) is 36.4 Å². The lowest BCUT2D eigenvalue weighted by atomic mass is 10.1. The van der Waals surface area contributed by atoms with Crippen molar-refractivity contribution >= 4 is 21.4 Å². The summed E-state index contributed by atoms with van der Waals surface area (Å²) >= 11 is 0. The molecule has 0 saturated carbocycles. The van der Waals surface area contributed by atoms with E-state index in [1.165, 1.54) is 12.1 Å². The summed E-state index contributed by atoms with van der Waals surface area (Å²) in [7, 11) is -4.67. The summed E-state index contributed by atoms with van der Waals surface area (Å²) in [6.07, 6.45) is 0. The smallest absolute Gasteiger partial charge is 0.341 e. The van der Waals surface area contributed by atoms with Gasteiger partial charge in [-0.1, -0.05) is 12.1 Å². The Balaban J connectivity index is 1.67. The summed E-state index contributed by atoms with van der Waals surface area (Å²) in [5.74, 6) is -3.62. The monoisotopic (exact) mass is 396 g/mol. The highest BCUT2D eigenvalue weighted by atomic mass is 32.2. The molecule has 0 atom stereocenters. The van der Waals surface area contributed by atoms with Crippen molar-refractivity contribution in [2.24, 2.45) is 0 Å². The summed E-state index contributed by atoms with van der Waals surface area (Å²) in [6.45, 7) is 1.90. The van der Waals surface area contributed by atoms with Crippen molar-refractivity contribution in [3.8, 4) is 5.75 Å². The second kappa shape index (κ2) is 7.51. The van der Waals surface area contributed by atoms with E-state index in [1.807, 2.05) is 11.0 Å². The van der Waals surface area contributed by atoms with E-state index < -0.39 is 20.5 Å². The first-order chi connectivity index (χ1) is 12.8. The molecule has 1 amide bonds. The van der Waals surface area contributed by atoms with Crippen molar-refractivity contribution in [2.75, 3.05) is 31.1 Å². The highest BCUT2D eigenvalue weighted by molar-refractivity contribution is 7.91. The fraction of sp³-hybridized carbons (Fsp3) is 0.278. The maximum Gasteiger partial charge on any atom is 0.341 e. The van der Waals surface area contributed by atoms with E-state index in [4.69, 9.17) is 0 Å². The molecular weight excluding hydrogens is 378 g/mol. The number of hydrogen-bond donors (Lipinski definition) is 1. The zero-order chi connectivity index (χ0) is 19.6. The molecule has 2 aromatic carbocycles. The predicted octanol–water partition coefficient (Wildman–Crippen LogP) is 2.35. The van der Waals surface area contributed by atoms with Crippen LogP contribution < -0.4 is 4.90 Å². The normalized spacial score (nSPS) is 15.2. The summed E-state index contributed by atoms with van der Waals surface area (Å²) in [6, 6.07) is 11.5. The van der Waals surface area contributed by atoms with Gasteiger partial charge in [-0.2, -0.15) is 8.78 Å². The molecule has 1 N–H and O–H groups in total. The number of nitrogens with zero attached hydrogens (tertiary/aromatic N) is 2. The lowest BCUT2D eigenvalue weighted by Crippen LogP contribution is -2.48. The first-order valence-corrected chi connectivity index (χ1v) is 9.79. The van der Waals surface area contributed by atoms with Crippen LogP contribution in [0.15, 0.2) is 53.4 Å². The van der Waals surface area contributed by atoms with Crippen LogP contribution in [0.25, 0.3) is 0 Å². The van der Waals surface area contributed by atoms with Gasteiger partial charge in [0.05, 0.1) is 10.6 Å². The van der Waals surface area contributed by atoms with Crippen LogP contribution >= 0.6 is 0 Å². The number of para-hydroxylation sites is 2.